The van der Waals surface area contributed by atoms with E-state index in [1.165, 1.54) is 0 Å². The molecule has 0 aliphatic carbocycles. The topological polar surface area (TPSA) is 57.0 Å². The minimum absolute atomic E-state index is 0.197. The van der Waals surface area contributed by atoms with Crippen molar-refractivity contribution in [3.05, 3.63) is 11.4 Å². The molecule has 0 N–H and O–H groups in total. The van der Waals surface area contributed by atoms with E-state index in [-0.39, 0.29) is 11.9 Å². The van der Waals surface area contributed by atoms with Gasteiger partial charge in [-0.05, 0) is 25.2 Å². The summed E-state index contributed by atoms with van der Waals surface area (Å²) < 4.78 is 6.89. The van der Waals surface area contributed by atoms with Gasteiger partial charge in [0.25, 0.3) is 0 Å². The minimum Gasteiger partial charge on any atom is -0.461 e. The van der Waals surface area contributed by atoms with Gasteiger partial charge in [0.2, 0.25) is 0 Å². The van der Waals surface area contributed by atoms with E-state index in [0.717, 1.165) is 25.1 Å². The number of aromatic nitrogens is 3. The molecule has 0 bridgehead atoms. The van der Waals surface area contributed by atoms with E-state index in [0.29, 0.717) is 18.2 Å². The van der Waals surface area contributed by atoms with Gasteiger partial charge in [-0.2, -0.15) is 0 Å². The first kappa shape index (κ1) is 15.7. The smallest absolute Gasteiger partial charge is 0.360 e. The molecular formula is C14H25N3O2. The number of nitrogens with zero attached hydrogens (tertiary/aromatic N) is 3. The highest BCUT2D eigenvalue weighted by Gasteiger charge is 2.23. The first-order valence-corrected chi connectivity index (χ1v) is 7.11. The third kappa shape index (κ3) is 4.04. The molecule has 0 saturated carbocycles. The van der Waals surface area contributed by atoms with Gasteiger partial charge in [-0.3, -0.25) is 0 Å². The van der Waals surface area contributed by atoms with Crippen LogP contribution in [0.15, 0.2) is 0 Å². The van der Waals surface area contributed by atoms with Crippen LogP contribution in [0.5, 0.6) is 0 Å². The van der Waals surface area contributed by atoms with Crippen LogP contribution in [-0.2, 0) is 11.3 Å². The number of carbonyl (C=O) groups is 1. The molecule has 0 aromatic carbocycles. The van der Waals surface area contributed by atoms with Gasteiger partial charge in [0, 0.05) is 6.54 Å². The highest BCUT2D eigenvalue weighted by molar-refractivity contribution is 5.88. The van der Waals surface area contributed by atoms with Crippen LogP contribution < -0.4 is 0 Å². The number of hydrogen-bond donors (Lipinski definition) is 0. The monoisotopic (exact) mass is 267 g/mol. The fraction of sp³-hybridized carbons (Fsp3) is 0.786. The second-order valence-electron chi connectivity index (χ2n) is 5.27. The van der Waals surface area contributed by atoms with Crippen LogP contribution >= 0.6 is 0 Å². The molecule has 0 amide bonds. The lowest BCUT2D eigenvalue weighted by atomic mass is 10.0. The van der Waals surface area contributed by atoms with Gasteiger partial charge in [-0.1, -0.05) is 39.3 Å². The van der Waals surface area contributed by atoms with Gasteiger partial charge in [-0.25, -0.2) is 9.48 Å². The number of carbonyl (C=O) groups excluding carboxylic acids is 1. The van der Waals surface area contributed by atoms with E-state index in [2.05, 4.69) is 24.2 Å². The largest absolute Gasteiger partial charge is 0.461 e. The van der Waals surface area contributed by atoms with Crippen LogP contribution in [0.1, 0.15) is 69.6 Å². The van der Waals surface area contributed by atoms with Crippen LogP contribution in [0.3, 0.4) is 0 Å². The molecule has 0 saturated heterocycles. The maximum Gasteiger partial charge on any atom is 0.360 e. The highest BCUT2D eigenvalue weighted by atomic mass is 16.5. The summed E-state index contributed by atoms with van der Waals surface area (Å²) in [5.41, 5.74) is 1.24. The van der Waals surface area contributed by atoms with E-state index in [9.17, 15) is 4.79 Å². The Bertz CT molecular complexity index is 413. The van der Waals surface area contributed by atoms with Crippen molar-refractivity contribution >= 4 is 5.97 Å². The van der Waals surface area contributed by atoms with E-state index >= 15 is 0 Å². The molecule has 0 radical (unpaired) electrons. The zero-order chi connectivity index (χ0) is 14.4. The Morgan fingerprint density at radius 2 is 2.00 bits per heavy atom. The fourth-order valence-corrected chi connectivity index (χ4v) is 2.25. The molecule has 19 heavy (non-hydrogen) atoms. The molecule has 1 atom stereocenters. The van der Waals surface area contributed by atoms with Crippen molar-refractivity contribution in [2.75, 3.05) is 6.61 Å². The Labute approximate surface area is 115 Å². The van der Waals surface area contributed by atoms with Crippen LogP contribution in [-0.4, -0.2) is 27.6 Å². The molecule has 1 heterocycles. The molecule has 1 unspecified atom stereocenters. The summed E-state index contributed by atoms with van der Waals surface area (Å²) in [4.78, 5) is 11.9. The molecule has 1 rings (SSSR count). The number of hydrogen-bond acceptors (Lipinski definition) is 4. The molecule has 1 aromatic rings. The van der Waals surface area contributed by atoms with Crippen LogP contribution in [0.2, 0.25) is 0 Å². The van der Waals surface area contributed by atoms with Gasteiger partial charge in [0.15, 0.2) is 5.69 Å². The zero-order valence-electron chi connectivity index (χ0n) is 12.6. The van der Waals surface area contributed by atoms with Crippen LogP contribution in [0.4, 0.5) is 0 Å². The molecule has 0 spiro atoms. The molecular weight excluding hydrogens is 242 g/mol. The van der Waals surface area contributed by atoms with Crippen LogP contribution in [0, 0.1) is 5.92 Å². The van der Waals surface area contributed by atoms with E-state index in [4.69, 9.17) is 4.74 Å². The fourth-order valence-electron chi connectivity index (χ4n) is 2.25. The third-order valence-corrected chi connectivity index (χ3v) is 3.06. The molecule has 5 nitrogen and oxygen atoms in total. The van der Waals surface area contributed by atoms with Crippen molar-refractivity contribution < 1.29 is 9.53 Å². The lowest BCUT2D eigenvalue weighted by molar-refractivity contribution is 0.0517. The SMILES string of the molecule is CCCC(C)Cn1nnc(C(=O)OCC)c1C(C)C. The number of rotatable bonds is 7. The normalized spacial score (nSPS) is 12.7. The summed E-state index contributed by atoms with van der Waals surface area (Å²) in [6, 6.07) is 0. The van der Waals surface area contributed by atoms with E-state index < -0.39 is 0 Å². The lowest BCUT2D eigenvalue weighted by Crippen LogP contribution is -2.15. The van der Waals surface area contributed by atoms with E-state index in [1.54, 1.807) is 6.92 Å². The summed E-state index contributed by atoms with van der Waals surface area (Å²) in [6.45, 7) is 11.4. The lowest BCUT2D eigenvalue weighted by Gasteiger charge is -2.14. The molecule has 0 aliphatic rings. The Balaban J connectivity index is 2.96. The summed E-state index contributed by atoms with van der Waals surface area (Å²) in [7, 11) is 0. The number of esters is 1. The van der Waals surface area contributed by atoms with Crippen molar-refractivity contribution in [2.45, 2.75) is 59.9 Å². The molecule has 5 heteroatoms. The summed E-state index contributed by atoms with van der Waals surface area (Å²) >= 11 is 0. The van der Waals surface area contributed by atoms with Crippen molar-refractivity contribution in [2.24, 2.45) is 5.92 Å². The maximum absolute atomic E-state index is 11.9. The van der Waals surface area contributed by atoms with Crippen molar-refractivity contribution in [1.82, 2.24) is 15.0 Å². The Morgan fingerprint density at radius 1 is 1.32 bits per heavy atom. The predicted octanol–water partition coefficient (Wildman–Crippen LogP) is 3.01. The third-order valence-electron chi connectivity index (χ3n) is 3.06. The van der Waals surface area contributed by atoms with Crippen LogP contribution in [0.25, 0.3) is 0 Å². The van der Waals surface area contributed by atoms with Crippen molar-refractivity contribution in [3.63, 3.8) is 0 Å². The second kappa shape index (κ2) is 7.26. The number of ether oxygens (including phenoxy) is 1. The van der Waals surface area contributed by atoms with Gasteiger partial charge in [0.05, 0.1) is 12.3 Å². The van der Waals surface area contributed by atoms with Crippen molar-refractivity contribution in [3.8, 4) is 0 Å². The Morgan fingerprint density at radius 3 is 2.53 bits per heavy atom. The first-order valence-electron chi connectivity index (χ1n) is 7.11. The van der Waals surface area contributed by atoms with Gasteiger partial charge in [0.1, 0.15) is 0 Å². The summed E-state index contributed by atoms with van der Waals surface area (Å²) in [5, 5.41) is 8.14. The summed E-state index contributed by atoms with van der Waals surface area (Å²) in [5.74, 6) is 0.350. The summed E-state index contributed by atoms with van der Waals surface area (Å²) in [6.07, 6.45) is 2.30. The van der Waals surface area contributed by atoms with Gasteiger partial charge >= 0.3 is 5.97 Å². The average molecular weight is 267 g/mol. The standard InChI is InChI=1S/C14H25N3O2/c1-6-8-11(5)9-17-13(10(3)4)12(15-16-17)14(18)19-7-2/h10-11H,6-9H2,1-5H3. The molecule has 0 aliphatic heterocycles. The second-order valence-corrected chi connectivity index (χ2v) is 5.27. The molecule has 1 aromatic heterocycles. The maximum atomic E-state index is 11.9. The predicted molar refractivity (Wildman–Crippen MR) is 74.1 cm³/mol. The van der Waals surface area contributed by atoms with E-state index in [1.807, 2.05) is 18.5 Å². The minimum atomic E-state index is -0.374. The highest BCUT2D eigenvalue weighted by Crippen LogP contribution is 2.20. The molecule has 108 valence electrons. The van der Waals surface area contributed by atoms with Crippen molar-refractivity contribution in [1.29, 1.82) is 0 Å². The quantitative estimate of drug-likeness (QED) is 0.713. The first-order chi connectivity index (χ1) is 9.01. The zero-order valence-corrected chi connectivity index (χ0v) is 12.6. The van der Waals surface area contributed by atoms with Gasteiger partial charge < -0.3 is 4.74 Å². The average Bonchev–Trinajstić information content (AvgIpc) is 2.73. The molecule has 0 fully saturated rings. The van der Waals surface area contributed by atoms with Gasteiger partial charge in [-0.15, -0.1) is 5.10 Å². The Hall–Kier alpha value is -1.39. The Kier molecular flexibility index (Phi) is 5.99.